The summed E-state index contributed by atoms with van der Waals surface area (Å²) in [5.41, 5.74) is 6.36. The summed E-state index contributed by atoms with van der Waals surface area (Å²) in [5, 5.41) is 7.31. The van der Waals surface area contributed by atoms with Gasteiger partial charge in [-0.1, -0.05) is 0 Å². The van der Waals surface area contributed by atoms with Crippen LogP contribution in [0.1, 0.15) is 0 Å². The Morgan fingerprint density at radius 2 is 2.71 bits per heavy atom. The summed E-state index contributed by atoms with van der Waals surface area (Å²) in [7, 11) is 0. The summed E-state index contributed by atoms with van der Waals surface area (Å²) in [6, 6.07) is 0. The highest BCUT2D eigenvalue weighted by Crippen LogP contribution is 2.00. The quantitative estimate of drug-likeness (QED) is 0.502. The van der Waals surface area contributed by atoms with E-state index >= 15 is 0 Å². The molecule has 0 fully saturated rings. The Kier molecular flexibility index (Phi) is 1.17. The molecule has 0 aromatic heterocycles. The van der Waals surface area contributed by atoms with Crippen molar-refractivity contribution in [3.63, 3.8) is 0 Å². The van der Waals surface area contributed by atoms with Gasteiger partial charge < -0.3 is 5.73 Å². The SMILES string of the molecule is NCC1=CN=NC1. The first-order valence-corrected chi connectivity index (χ1v) is 2.18. The minimum Gasteiger partial charge on any atom is -0.327 e. The van der Waals surface area contributed by atoms with Crippen LogP contribution >= 0.6 is 0 Å². The topological polar surface area (TPSA) is 50.7 Å². The average molecular weight is 97.1 g/mol. The van der Waals surface area contributed by atoms with Crippen molar-refractivity contribution in [1.29, 1.82) is 0 Å². The van der Waals surface area contributed by atoms with Crippen LogP contribution in [0.4, 0.5) is 0 Å². The first-order valence-electron chi connectivity index (χ1n) is 2.18. The van der Waals surface area contributed by atoms with E-state index in [2.05, 4.69) is 10.2 Å². The second kappa shape index (κ2) is 1.84. The summed E-state index contributed by atoms with van der Waals surface area (Å²) < 4.78 is 0. The first-order chi connectivity index (χ1) is 3.43. The molecule has 0 aromatic rings. The van der Waals surface area contributed by atoms with Crippen LogP contribution in [-0.4, -0.2) is 13.1 Å². The Labute approximate surface area is 41.9 Å². The minimum atomic E-state index is 0.590. The van der Waals surface area contributed by atoms with Gasteiger partial charge in [-0.2, -0.15) is 10.2 Å². The Balaban J connectivity index is 2.45. The molecule has 7 heavy (non-hydrogen) atoms. The van der Waals surface area contributed by atoms with Gasteiger partial charge >= 0.3 is 0 Å². The van der Waals surface area contributed by atoms with Crippen LogP contribution in [0.2, 0.25) is 0 Å². The van der Waals surface area contributed by atoms with Crippen LogP contribution in [0.5, 0.6) is 0 Å². The van der Waals surface area contributed by atoms with Gasteiger partial charge in [-0.25, -0.2) is 0 Å². The van der Waals surface area contributed by atoms with E-state index in [0.29, 0.717) is 13.1 Å². The molecule has 3 nitrogen and oxygen atoms in total. The van der Waals surface area contributed by atoms with Crippen molar-refractivity contribution in [3.05, 3.63) is 11.8 Å². The third-order valence-corrected chi connectivity index (χ3v) is 0.858. The Hall–Kier alpha value is -0.700. The lowest BCUT2D eigenvalue weighted by Crippen LogP contribution is -2.02. The van der Waals surface area contributed by atoms with Gasteiger partial charge in [0.15, 0.2) is 0 Å². The smallest absolute Gasteiger partial charge is 0.0844 e. The molecule has 0 aromatic carbocycles. The van der Waals surface area contributed by atoms with E-state index in [9.17, 15) is 0 Å². The van der Waals surface area contributed by atoms with Gasteiger partial charge in [-0.3, -0.25) is 0 Å². The number of azo groups is 1. The molecule has 1 rings (SSSR count). The van der Waals surface area contributed by atoms with Gasteiger partial charge in [-0.15, -0.1) is 0 Å². The molecule has 0 radical (unpaired) electrons. The van der Waals surface area contributed by atoms with Crippen LogP contribution in [0.15, 0.2) is 22.0 Å². The van der Waals surface area contributed by atoms with Crippen molar-refractivity contribution in [2.75, 3.05) is 13.1 Å². The van der Waals surface area contributed by atoms with Crippen LogP contribution in [0.25, 0.3) is 0 Å². The van der Waals surface area contributed by atoms with Crippen molar-refractivity contribution < 1.29 is 0 Å². The highest BCUT2D eigenvalue weighted by atomic mass is 15.1. The predicted molar refractivity (Wildman–Crippen MR) is 26.9 cm³/mol. The van der Waals surface area contributed by atoms with Crippen molar-refractivity contribution in [3.8, 4) is 0 Å². The van der Waals surface area contributed by atoms with Gasteiger partial charge in [-0.05, 0) is 5.57 Å². The molecule has 0 bridgehead atoms. The number of hydrogen-bond acceptors (Lipinski definition) is 3. The number of rotatable bonds is 1. The molecule has 0 amide bonds. The Morgan fingerprint density at radius 3 is 3.00 bits per heavy atom. The van der Waals surface area contributed by atoms with Crippen molar-refractivity contribution in [2.24, 2.45) is 16.0 Å². The zero-order chi connectivity index (χ0) is 5.11. The van der Waals surface area contributed by atoms with Crippen molar-refractivity contribution >= 4 is 0 Å². The lowest BCUT2D eigenvalue weighted by Gasteiger charge is -1.85. The first kappa shape index (κ1) is 4.46. The fourth-order valence-corrected chi connectivity index (χ4v) is 0.412. The zero-order valence-electron chi connectivity index (χ0n) is 3.96. The zero-order valence-corrected chi connectivity index (χ0v) is 3.96. The van der Waals surface area contributed by atoms with Gasteiger partial charge in [0.1, 0.15) is 0 Å². The highest BCUT2D eigenvalue weighted by molar-refractivity contribution is 5.07. The van der Waals surface area contributed by atoms with Crippen LogP contribution in [-0.2, 0) is 0 Å². The Bertz CT molecular complexity index is 114. The molecule has 1 aliphatic heterocycles. The highest BCUT2D eigenvalue weighted by Gasteiger charge is 1.95. The van der Waals surface area contributed by atoms with E-state index in [4.69, 9.17) is 5.73 Å². The molecule has 1 heterocycles. The van der Waals surface area contributed by atoms with Gasteiger partial charge in [0.05, 0.1) is 12.7 Å². The average Bonchev–Trinajstić information content (AvgIpc) is 2.14. The van der Waals surface area contributed by atoms with E-state index in [1.54, 1.807) is 6.20 Å². The fraction of sp³-hybridized carbons (Fsp3) is 0.500. The molecule has 0 unspecified atom stereocenters. The van der Waals surface area contributed by atoms with Gasteiger partial charge in [0, 0.05) is 6.54 Å². The summed E-state index contributed by atoms with van der Waals surface area (Å²) in [4.78, 5) is 0. The number of hydrogen-bond donors (Lipinski definition) is 1. The van der Waals surface area contributed by atoms with Crippen molar-refractivity contribution in [1.82, 2.24) is 0 Å². The normalized spacial score (nSPS) is 17.6. The Morgan fingerprint density at radius 1 is 1.86 bits per heavy atom. The second-order valence-corrected chi connectivity index (χ2v) is 1.41. The number of nitrogens with zero attached hydrogens (tertiary/aromatic N) is 2. The van der Waals surface area contributed by atoms with Crippen LogP contribution in [0, 0.1) is 0 Å². The third kappa shape index (κ3) is 0.838. The molecule has 0 saturated carbocycles. The summed E-state index contributed by atoms with van der Waals surface area (Å²) in [6.45, 7) is 1.30. The third-order valence-electron chi connectivity index (χ3n) is 0.858. The molecule has 0 atom stereocenters. The lowest BCUT2D eigenvalue weighted by atomic mass is 10.3. The second-order valence-electron chi connectivity index (χ2n) is 1.41. The largest absolute Gasteiger partial charge is 0.327 e. The van der Waals surface area contributed by atoms with E-state index in [-0.39, 0.29) is 0 Å². The molecule has 3 heteroatoms. The summed E-state index contributed by atoms with van der Waals surface area (Å²) in [6.07, 6.45) is 1.71. The van der Waals surface area contributed by atoms with Crippen LogP contribution < -0.4 is 5.73 Å². The molecular formula is C4H7N3. The summed E-state index contributed by atoms with van der Waals surface area (Å²) in [5.74, 6) is 0. The van der Waals surface area contributed by atoms with Gasteiger partial charge in [0.25, 0.3) is 0 Å². The monoisotopic (exact) mass is 97.1 g/mol. The lowest BCUT2D eigenvalue weighted by molar-refractivity contribution is 1.04. The molecule has 1 aliphatic rings. The van der Waals surface area contributed by atoms with Gasteiger partial charge in [0.2, 0.25) is 0 Å². The van der Waals surface area contributed by atoms with E-state index in [1.165, 1.54) is 0 Å². The number of nitrogens with two attached hydrogens (primary N) is 1. The fourth-order valence-electron chi connectivity index (χ4n) is 0.412. The molecule has 0 aliphatic carbocycles. The maximum Gasteiger partial charge on any atom is 0.0844 e. The molecule has 2 N–H and O–H groups in total. The molecular weight excluding hydrogens is 90.1 g/mol. The van der Waals surface area contributed by atoms with Crippen LogP contribution in [0.3, 0.4) is 0 Å². The predicted octanol–water partition coefficient (Wildman–Crippen LogP) is 0.295. The molecule has 38 valence electrons. The maximum atomic E-state index is 5.25. The van der Waals surface area contributed by atoms with Crippen molar-refractivity contribution in [2.45, 2.75) is 0 Å². The van der Waals surface area contributed by atoms with E-state index in [0.717, 1.165) is 5.57 Å². The standard InChI is InChI=1S/C4H7N3/c5-1-4-2-6-7-3-4/h2H,1,3,5H2. The summed E-state index contributed by atoms with van der Waals surface area (Å²) >= 11 is 0. The maximum absolute atomic E-state index is 5.25. The van der Waals surface area contributed by atoms with E-state index in [1.807, 2.05) is 0 Å². The van der Waals surface area contributed by atoms with E-state index < -0.39 is 0 Å². The minimum absolute atomic E-state index is 0.590. The molecule has 0 spiro atoms. The molecule has 0 saturated heterocycles.